The molecule has 0 fully saturated rings. The normalized spacial score (nSPS) is 14.8. The Labute approximate surface area is 110 Å². The summed E-state index contributed by atoms with van der Waals surface area (Å²) in [5.74, 6) is 0.532. The summed E-state index contributed by atoms with van der Waals surface area (Å²) in [7, 11) is -0.790. The summed E-state index contributed by atoms with van der Waals surface area (Å²) in [6, 6.07) is 6.13. The van der Waals surface area contributed by atoms with Crippen LogP contribution in [0.1, 0.15) is 18.9 Å². The van der Waals surface area contributed by atoms with Gasteiger partial charge in [0.15, 0.2) is 0 Å². The number of benzene rings is 1. The first-order valence-electron chi connectivity index (χ1n) is 6.03. The Bertz CT molecular complexity index is 591. The Hall–Kier alpha value is -1.36. The van der Waals surface area contributed by atoms with Gasteiger partial charge in [-0.1, -0.05) is 13.0 Å². The molecule has 1 heterocycles. The number of imidazole rings is 1. The largest absolute Gasteiger partial charge is 0.369 e. The summed E-state index contributed by atoms with van der Waals surface area (Å²) < 4.78 is 13.3. The summed E-state index contributed by atoms with van der Waals surface area (Å²) in [4.78, 5) is 4.36. The number of nitrogen functional groups attached to an aromatic ring is 1. The molecular weight excluding hydrogens is 246 g/mol. The van der Waals surface area contributed by atoms with Crippen molar-refractivity contribution in [2.75, 3.05) is 12.0 Å². The summed E-state index contributed by atoms with van der Waals surface area (Å²) >= 11 is 0. The number of aromatic nitrogens is 2. The molecule has 0 saturated heterocycles. The molecule has 1 aromatic carbocycles. The van der Waals surface area contributed by atoms with Crippen LogP contribution >= 0.6 is 0 Å². The van der Waals surface area contributed by atoms with Crippen LogP contribution in [0.3, 0.4) is 0 Å². The summed E-state index contributed by atoms with van der Waals surface area (Å²) in [5, 5.41) is 0.173. The van der Waals surface area contributed by atoms with Crippen molar-refractivity contribution in [3.63, 3.8) is 0 Å². The van der Waals surface area contributed by atoms with E-state index in [1.807, 2.05) is 30.5 Å². The van der Waals surface area contributed by atoms with E-state index >= 15 is 0 Å². The van der Waals surface area contributed by atoms with Crippen LogP contribution in [0, 0.1) is 6.92 Å². The van der Waals surface area contributed by atoms with Crippen LogP contribution in [0.25, 0.3) is 11.0 Å². The number of aryl methyl sites for hydroxylation is 2. The fraction of sp³-hybridized carbons (Fsp3) is 0.462. The molecule has 0 aliphatic carbocycles. The van der Waals surface area contributed by atoms with Gasteiger partial charge in [-0.05, 0) is 31.0 Å². The van der Waals surface area contributed by atoms with Crippen molar-refractivity contribution < 1.29 is 4.21 Å². The van der Waals surface area contributed by atoms with E-state index in [1.165, 1.54) is 5.56 Å². The van der Waals surface area contributed by atoms with Crippen LogP contribution < -0.4 is 5.73 Å². The third kappa shape index (κ3) is 2.56. The average Bonchev–Trinajstić information content (AvgIpc) is 2.60. The molecule has 0 bridgehead atoms. The molecule has 0 aliphatic heterocycles. The minimum Gasteiger partial charge on any atom is -0.369 e. The maximum Gasteiger partial charge on any atom is 0.201 e. The van der Waals surface area contributed by atoms with Crippen LogP contribution in [0.5, 0.6) is 0 Å². The lowest BCUT2D eigenvalue weighted by atomic mass is 10.2. The van der Waals surface area contributed by atoms with Gasteiger partial charge in [-0.25, -0.2) is 4.98 Å². The summed E-state index contributed by atoms with van der Waals surface area (Å²) in [6.45, 7) is 4.79. The van der Waals surface area contributed by atoms with Gasteiger partial charge >= 0.3 is 0 Å². The zero-order valence-electron chi connectivity index (χ0n) is 11.0. The minimum absolute atomic E-state index is 0.173. The van der Waals surface area contributed by atoms with Gasteiger partial charge in [0.25, 0.3) is 0 Å². The number of fused-ring (bicyclic) bond motifs is 1. The Morgan fingerprint density at radius 1 is 1.50 bits per heavy atom. The number of rotatable bonds is 4. The molecule has 1 aromatic heterocycles. The van der Waals surface area contributed by atoms with Gasteiger partial charge in [0.2, 0.25) is 5.95 Å². The van der Waals surface area contributed by atoms with E-state index in [1.54, 1.807) is 6.26 Å². The Balaban J connectivity index is 2.27. The predicted octanol–water partition coefficient (Wildman–Crippen LogP) is 2.08. The van der Waals surface area contributed by atoms with E-state index in [4.69, 9.17) is 5.73 Å². The highest BCUT2D eigenvalue weighted by Crippen LogP contribution is 2.20. The van der Waals surface area contributed by atoms with E-state index in [2.05, 4.69) is 11.1 Å². The molecule has 4 nitrogen and oxygen atoms in total. The van der Waals surface area contributed by atoms with Crippen LogP contribution in [0.2, 0.25) is 0 Å². The molecule has 2 unspecified atom stereocenters. The molecule has 0 amide bonds. The Kier molecular flexibility index (Phi) is 3.71. The zero-order chi connectivity index (χ0) is 13.3. The van der Waals surface area contributed by atoms with Gasteiger partial charge in [-0.15, -0.1) is 0 Å². The van der Waals surface area contributed by atoms with Crippen molar-refractivity contribution in [2.45, 2.75) is 32.1 Å². The molecule has 0 aliphatic rings. The molecule has 2 aromatic rings. The summed E-state index contributed by atoms with van der Waals surface area (Å²) in [6.07, 6.45) is 2.58. The van der Waals surface area contributed by atoms with Crippen LogP contribution in [0.15, 0.2) is 18.2 Å². The van der Waals surface area contributed by atoms with Crippen LogP contribution in [0.4, 0.5) is 5.95 Å². The second kappa shape index (κ2) is 5.10. The number of hydrogen-bond acceptors (Lipinski definition) is 3. The first-order valence-corrected chi connectivity index (χ1v) is 7.65. The standard InChI is InChI=1S/C13H19N3OS/c1-9-4-5-12-11(8-9)15-13(14)16(12)7-6-10(2)18(3)17/h4-5,8,10H,6-7H2,1-3H3,(H2,14,15). The second-order valence-electron chi connectivity index (χ2n) is 4.71. The van der Waals surface area contributed by atoms with Crippen LogP contribution in [-0.2, 0) is 17.3 Å². The first-order chi connectivity index (χ1) is 8.49. The van der Waals surface area contributed by atoms with Gasteiger partial charge in [0.05, 0.1) is 11.0 Å². The lowest BCUT2D eigenvalue weighted by Crippen LogP contribution is -2.13. The van der Waals surface area contributed by atoms with E-state index in [0.29, 0.717) is 5.95 Å². The third-order valence-electron chi connectivity index (χ3n) is 3.26. The van der Waals surface area contributed by atoms with E-state index in [9.17, 15) is 4.21 Å². The highest BCUT2D eigenvalue weighted by Gasteiger charge is 2.11. The van der Waals surface area contributed by atoms with Crippen LogP contribution in [-0.4, -0.2) is 25.3 Å². The van der Waals surface area contributed by atoms with Crippen molar-refractivity contribution in [3.05, 3.63) is 23.8 Å². The van der Waals surface area contributed by atoms with Crippen molar-refractivity contribution in [3.8, 4) is 0 Å². The van der Waals surface area contributed by atoms with Gasteiger partial charge in [-0.2, -0.15) is 0 Å². The van der Waals surface area contributed by atoms with Gasteiger partial charge in [-0.3, -0.25) is 4.21 Å². The van der Waals surface area contributed by atoms with Crippen molar-refractivity contribution in [1.29, 1.82) is 0 Å². The van der Waals surface area contributed by atoms with Gasteiger partial charge < -0.3 is 10.3 Å². The summed E-state index contributed by atoms with van der Waals surface area (Å²) in [5.41, 5.74) is 9.09. The number of anilines is 1. The molecule has 0 spiro atoms. The third-order valence-corrected chi connectivity index (χ3v) is 4.63. The monoisotopic (exact) mass is 265 g/mol. The number of nitrogens with two attached hydrogens (primary N) is 1. The first kappa shape index (κ1) is 13.1. The molecule has 2 rings (SSSR count). The van der Waals surface area contributed by atoms with E-state index < -0.39 is 10.8 Å². The lowest BCUT2D eigenvalue weighted by molar-refractivity contribution is 0.633. The van der Waals surface area contributed by atoms with Gasteiger partial charge in [0, 0.05) is 28.9 Å². The minimum atomic E-state index is -0.790. The maximum absolute atomic E-state index is 11.4. The van der Waals surface area contributed by atoms with Crippen molar-refractivity contribution in [1.82, 2.24) is 9.55 Å². The van der Waals surface area contributed by atoms with Gasteiger partial charge in [0.1, 0.15) is 0 Å². The zero-order valence-corrected chi connectivity index (χ0v) is 11.8. The molecule has 98 valence electrons. The maximum atomic E-state index is 11.4. The van der Waals surface area contributed by atoms with Crippen molar-refractivity contribution >= 4 is 27.8 Å². The topological polar surface area (TPSA) is 60.9 Å². The average molecular weight is 265 g/mol. The number of nitrogens with zero attached hydrogens (tertiary/aromatic N) is 2. The lowest BCUT2D eigenvalue weighted by Gasteiger charge is -2.10. The Morgan fingerprint density at radius 2 is 2.22 bits per heavy atom. The predicted molar refractivity (Wildman–Crippen MR) is 77.0 cm³/mol. The molecule has 2 atom stereocenters. The SMILES string of the molecule is Cc1ccc2c(c1)nc(N)n2CCC(C)S(C)=O. The fourth-order valence-corrected chi connectivity index (χ4v) is 2.41. The van der Waals surface area contributed by atoms with E-state index in [0.717, 1.165) is 24.0 Å². The Morgan fingerprint density at radius 3 is 2.89 bits per heavy atom. The molecule has 2 N–H and O–H groups in total. The highest BCUT2D eigenvalue weighted by atomic mass is 32.2. The smallest absolute Gasteiger partial charge is 0.201 e. The molecule has 5 heteroatoms. The molecule has 0 saturated carbocycles. The van der Waals surface area contributed by atoms with E-state index in [-0.39, 0.29) is 5.25 Å². The quantitative estimate of drug-likeness (QED) is 0.920. The second-order valence-corrected chi connectivity index (χ2v) is 6.51. The number of hydrogen-bond donors (Lipinski definition) is 1. The molecular formula is C13H19N3OS. The van der Waals surface area contributed by atoms with Crippen molar-refractivity contribution in [2.24, 2.45) is 0 Å². The highest BCUT2D eigenvalue weighted by molar-refractivity contribution is 7.84. The molecule has 0 radical (unpaired) electrons. The molecule has 18 heavy (non-hydrogen) atoms. The fourth-order valence-electron chi connectivity index (χ4n) is 1.97.